The molecule has 1 unspecified atom stereocenters. The summed E-state index contributed by atoms with van der Waals surface area (Å²) < 4.78 is 33.7. The molecule has 41 heavy (non-hydrogen) atoms. The summed E-state index contributed by atoms with van der Waals surface area (Å²) in [5.41, 5.74) is 8.49. The maximum absolute atomic E-state index is 11.4. The Hall–Kier alpha value is -4.11. The standard InChI is InChI=1S/C32H37N5O3S/c1-6-29-30(40-28-17-12-25(13-18-28)20-26-14-7-21(2)19-23(26)4)32-34-33-31(37(32)35-29)22(3)8-9-24-10-15-27(16-11-24)36-41(5,38)39/h7,10-19,22,35-36H,6,8-9,20H2,1-5H3. The van der Waals surface area contributed by atoms with Crippen molar-refractivity contribution in [3.05, 3.63) is 106 Å². The second-order valence-electron chi connectivity index (χ2n) is 10.9. The first kappa shape index (κ1) is 28.4. The average Bonchev–Trinajstić information content (AvgIpc) is 3.49. The van der Waals surface area contributed by atoms with Crippen LogP contribution in [0.5, 0.6) is 11.5 Å². The normalized spacial score (nSPS) is 12.5. The van der Waals surface area contributed by atoms with Gasteiger partial charge < -0.3 is 4.74 Å². The Morgan fingerprint density at radius 2 is 1.68 bits per heavy atom. The molecule has 1 atom stereocenters. The van der Waals surface area contributed by atoms with Crippen molar-refractivity contribution < 1.29 is 13.2 Å². The maximum Gasteiger partial charge on any atom is 0.229 e. The minimum atomic E-state index is -3.29. The highest BCUT2D eigenvalue weighted by atomic mass is 32.2. The fraction of sp³-hybridized carbons (Fsp3) is 0.312. The highest BCUT2D eigenvalue weighted by molar-refractivity contribution is 7.92. The molecule has 8 nitrogen and oxygen atoms in total. The second kappa shape index (κ2) is 11.8. The zero-order chi connectivity index (χ0) is 29.1. The smallest absolute Gasteiger partial charge is 0.229 e. The van der Waals surface area contributed by atoms with E-state index < -0.39 is 10.0 Å². The van der Waals surface area contributed by atoms with Gasteiger partial charge >= 0.3 is 0 Å². The summed E-state index contributed by atoms with van der Waals surface area (Å²) in [7, 11) is -3.29. The number of aryl methyl sites for hydroxylation is 4. The fourth-order valence-electron chi connectivity index (χ4n) is 5.06. The number of sulfonamides is 1. The van der Waals surface area contributed by atoms with E-state index in [2.05, 4.69) is 78.0 Å². The topological polar surface area (TPSA) is 101 Å². The van der Waals surface area contributed by atoms with E-state index in [0.717, 1.165) is 54.8 Å². The van der Waals surface area contributed by atoms with Gasteiger partial charge in [-0.15, -0.1) is 10.2 Å². The van der Waals surface area contributed by atoms with Gasteiger partial charge in [-0.2, -0.15) is 0 Å². The number of nitrogens with one attached hydrogen (secondary N) is 2. The number of benzene rings is 3. The fourth-order valence-corrected chi connectivity index (χ4v) is 5.63. The summed E-state index contributed by atoms with van der Waals surface area (Å²) in [6, 6.07) is 22.3. The van der Waals surface area contributed by atoms with E-state index in [-0.39, 0.29) is 5.92 Å². The summed E-state index contributed by atoms with van der Waals surface area (Å²) in [6.07, 6.45) is 4.49. The SMILES string of the molecule is CCc1[nH]n2c(C(C)CCc3ccc(NS(C)(=O)=O)cc3)nnc2c1Oc1ccc(Cc2ccc(C)cc2C)cc1. The molecule has 214 valence electrons. The Balaban J connectivity index is 1.27. The number of aromatic nitrogens is 4. The van der Waals surface area contributed by atoms with Gasteiger partial charge in [0.15, 0.2) is 11.6 Å². The van der Waals surface area contributed by atoms with E-state index in [1.54, 1.807) is 12.1 Å². The highest BCUT2D eigenvalue weighted by Gasteiger charge is 2.21. The first-order chi connectivity index (χ1) is 19.6. The van der Waals surface area contributed by atoms with Crippen molar-refractivity contribution in [2.75, 3.05) is 11.0 Å². The third-order valence-electron chi connectivity index (χ3n) is 7.37. The van der Waals surface area contributed by atoms with Crippen molar-refractivity contribution in [1.82, 2.24) is 19.8 Å². The summed E-state index contributed by atoms with van der Waals surface area (Å²) in [5, 5.41) is 12.4. The number of hydrogen-bond donors (Lipinski definition) is 2. The molecule has 9 heteroatoms. The number of ether oxygens (including phenoxy) is 1. The molecular weight excluding hydrogens is 534 g/mol. The van der Waals surface area contributed by atoms with Gasteiger partial charge in [0.05, 0.1) is 11.9 Å². The molecule has 0 aliphatic heterocycles. The van der Waals surface area contributed by atoms with Gasteiger partial charge in [-0.1, -0.05) is 61.9 Å². The van der Waals surface area contributed by atoms with E-state index in [1.807, 2.05) is 28.8 Å². The van der Waals surface area contributed by atoms with E-state index in [0.29, 0.717) is 17.1 Å². The van der Waals surface area contributed by atoms with Crippen molar-refractivity contribution >= 4 is 21.4 Å². The first-order valence-corrected chi connectivity index (χ1v) is 15.8. The van der Waals surface area contributed by atoms with Crippen molar-refractivity contribution in [3.63, 3.8) is 0 Å². The Bertz CT molecular complexity index is 1750. The molecular formula is C32H37N5O3S. The Kier molecular flexibility index (Phi) is 8.17. The van der Waals surface area contributed by atoms with Gasteiger partial charge in [0.25, 0.3) is 0 Å². The van der Waals surface area contributed by atoms with Crippen LogP contribution in [0.2, 0.25) is 0 Å². The number of nitrogens with zero attached hydrogens (tertiary/aromatic N) is 3. The molecule has 2 aromatic heterocycles. The van der Waals surface area contributed by atoms with Crippen LogP contribution >= 0.6 is 0 Å². The number of rotatable bonds is 11. The molecule has 0 bridgehead atoms. The predicted octanol–water partition coefficient (Wildman–Crippen LogP) is 6.73. The molecule has 0 spiro atoms. The summed E-state index contributed by atoms with van der Waals surface area (Å²) in [5.74, 6) is 2.45. The van der Waals surface area contributed by atoms with E-state index >= 15 is 0 Å². The predicted molar refractivity (Wildman–Crippen MR) is 164 cm³/mol. The van der Waals surface area contributed by atoms with Gasteiger partial charge in [0.1, 0.15) is 5.75 Å². The molecule has 5 rings (SSSR count). The van der Waals surface area contributed by atoms with Crippen molar-refractivity contribution in [1.29, 1.82) is 0 Å². The van der Waals surface area contributed by atoms with Crippen LogP contribution in [0.25, 0.3) is 5.65 Å². The molecule has 0 aliphatic carbocycles. The Morgan fingerprint density at radius 3 is 2.34 bits per heavy atom. The summed E-state index contributed by atoms with van der Waals surface area (Å²) in [4.78, 5) is 0. The molecule has 2 heterocycles. The minimum absolute atomic E-state index is 0.138. The molecule has 0 saturated carbocycles. The zero-order valence-electron chi connectivity index (χ0n) is 24.2. The largest absolute Gasteiger partial charge is 0.451 e. The number of H-pyrrole nitrogens is 1. The van der Waals surface area contributed by atoms with Gasteiger partial charge in [0, 0.05) is 11.6 Å². The molecule has 0 saturated heterocycles. The van der Waals surface area contributed by atoms with Gasteiger partial charge in [-0.05, 0) is 86.1 Å². The average molecular weight is 572 g/mol. The molecule has 3 aromatic carbocycles. The first-order valence-electron chi connectivity index (χ1n) is 13.9. The van der Waals surface area contributed by atoms with Crippen LogP contribution < -0.4 is 9.46 Å². The van der Waals surface area contributed by atoms with Gasteiger partial charge in [0.2, 0.25) is 15.7 Å². The van der Waals surface area contributed by atoms with E-state index in [1.165, 1.54) is 22.3 Å². The van der Waals surface area contributed by atoms with Crippen LogP contribution in [-0.2, 0) is 29.3 Å². The number of aromatic amines is 1. The van der Waals surface area contributed by atoms with E-state index in [9.17, 15) is 8.42 Å². The summed E-state index contributed by atoms with van der Waals surface area (Å²) in [6.45, 7) is 8.51. The zero-order valence-corrected chi connectivity index (χ0v) is 25.0. The molecule has 0 fully saturated rings. The van der Waals surface area contributed by atoms with Crippen LogP contribution in [0, 0.1) is 13.8 Å². The number of anilines is 1. The quantitative estimate of drug-likeness (QED) is 0.183. The lowest BCUT2D eigenvalue weighted by Crippen LogP contribution is -2.09. The van der Waals surface area contributed by atoms with Gasteiger partial charge in [-0.3, -0.25) is 9.82 Å². The lowest BCUT2D eigenvalue weighted by molar-refractivity contribution is 0.480. The van der Waals surface area contributed by atoms with Gasteiger partial charge in [-0.25, -0.2) is 12.9 Å². The van der Waals surface area contributed by atoms with Crippen molar-refractivity contribution in [2.45, 2.75) is 59.3 Å². The third kappa shape index (κ3) is 6.79. The lowest BCUT2D eigenvalue weighted by atomic mass is 9.99. The highest BCUT2D eigenvalue weighted by Crippen LogP contribution is 2.32. The van der Waals surface area contributed by atoms with E-state index in [4.69, 9.17) is 4.74 Å². The summed E-state index contributed by atoms with van der Waals surface area (Å²) >= 11 is 0. The Labute approximate surface area is 241 Å². The van der Waals surface area contributed by atoms with Crippen LogP contribution in [-0.4, -0.2) is 34.5 Å². The molecule has 0 aliphatic rings. The maximum atomic E-state index is 11.4. The molecule has 5 aromatic rings. The molecule has 0 amide bonds. The lowest BCUT2D eigenvalue weighted by Gasteiger charge is -2.10. The Morgan fingerprint density at radius 1 is 0.976 bits per heavy atom. The molecule has 0 radical (unpaired) electrons. The van der Waals surface area contributed by atoms with Crippen molar-refractivity contribution in [2.24, 2.45) is 0 Å². The number of fused-ring (bicyclic) bond motifs is 1. The van der Waals surface area contributed by atoms with Crippen LogP contribution in [0.15, 0.2) is 66.7 Å². The molecule has 2 N–H and O–H groups in total. The monoisotopic (exact) mass is 571 g/mol. The number of hydrogen-bond acceptors (Lipinski definition) is 5. The van der Waals surface area contributed by atoms with Crippen LogP contribution in [0.1, 0.15) is 65.5 Å². The van der Waals surface area contributed by atoms with Crippen LogP contribution in [0.4, 0.5) is 5.69 Å². The second-order valence-corrected chi connectivity index (χ2v) is 12.6. The minimum Gasteiger partial charge on any atom is -0.451 e. The van der Waals surface area contributed by atoms with Crippen molar-refractivity contribution in [3.8, 4) is 11.5 Å². The van der Waals surface area contributed by atoms with Crippen LogP contribution in [0.3, 0.4) is 0 Å². The third-order valence-corrected chi connectivity index (χ3v) is 7.97.